The molecule has 1 N–H and O–H groups in total. The summed E-state index contributed by atoms with van der Waals surface area (Å²) in [5.74, 6) is 0.869. The second-order valence-electron chi connectivity index (χ2n) is 4.17. The average molecular weight is 219 g/mol. The maximum atomic E-state index is 9.45. The van der Waals surface area contributed by atoms with Crippen LogP contribution in [0.4, 0.5) is 0 Å². The molecule has 0 aliphatic heterocycles. The van der Waals surface area contributed by atoms with Crippen molar-refractivity contribution in [3.63, 3.8) is 0 Å². The number of nitrogens with zero attached hydrogens (tertiary/aromatic N) is 1. The number of methoxy groups -OCH3 is 1. The smallest absolute Gasteiger partial charge is 0.144 e. The zero-order valence-corrected chi connectivity index (χ0v) is 9.90. The van der Waals surface area contributed by atoms with Gasteiger partial charge in [-0.3, -0.25) is 0 Å². The van der Waals surface area contributed by atoms with Gasteiger partial charge < -0.3 is 14.4 Å². The Bertz CT molecular complexity index is 500. The van der Waals surface area contributed by atoms with E-state index in [-0.39, 0.29) is 6.10 Å². The number of aliphatic hydroxyl groups is 1. The molecule has 1 aromatic heterocycles. The molecule has 1 atom stereocenters. The molecular weight excluding hydrogens is 202 g/mol. The molecule has 2 aromatic rings. The Labute approximate surface area is 95.3 Å². The summed E-state index contributed by atoms with van der Waals surface area (Å²) in [7, 11) is 1.67. The molecule has 86 valence electrons. The first-order chi connectivity index (χ1) is 7.63. The lowest BCUT2D eigenvalue weighted by molar-refractivity contribution is 0.175. The molecule has 0 aliphatic rings. The minimum Gasteiger partial charge on any atom is -0.495 e. The quantitative estimate of drug-likeness (QED) is 0.859. The Hall–Kier alpha value is -1.48. The SMILES string of the molecule is COc1cn(C[C@@H](C)O)c2cccc(C)c12. The highest BCUT2D eigenvalue weighted by Crippen LogP contribution is 2.30. The third-order valence-electron chi connectivity index (χ3n) is 2.76. The van der Waals surface area contributed by atoms with E-state index in [2.05, 4.69) is 13.0 Å². The van der Waals surface area contributed by atoms with Crippen molar-refractivity contribution < 1.29 is 9.84 Å². The number of fused-ring (bicyclic) bond motifs is 1. The van der Waals surface area contributed by atoms with Crippen molar-refractivity contribution in [2.24, 2.45) is 0 Å². The molecular formula is C13H17NO2. The molecule has 3 heteroatoms. The van der Waals surface area contributed by atoms with Crippen LogP contribution in [-0.2, 0) is 6.54 Å². The van der Waals surface area contributed by atoms with Gasteiger partial charge in [-0.2, -0.15) is 0 Å². The van der Waals surface area contributed by atoms with Gasteiger partial charge in [-0.15, -0.1) is 0 Å². The van der Waals surface area contributed by atoms with Crippen LogP contribution >= 0.6 is 0 Å². The lowest BCUT2D eigenvalue weighted by Gasteiger charge is -2.07. The van der Waals surface area contributed by atoms with Gasteiger partial charge in [-0.05, 0) is 25.5 Å². The van der Waals surface area contributed by atoms with Crippen LogP contribution in [0.25, 0.3) is 10.9 Å². The third-order valence-corrected chi connectivity index (χ3v) is 2.76. The molecule has 0 radical (unpaired) electrons. The van der Waals surface area contributed by atoms with Crippen LogP contribution in [0.3, 0.4) is 0 Å². The van der Waals surface area contributed by atoms with Crippen LogP contribution in [-0.4, -0.2) is 22.9 Å². The van der Waals surface area contributed by atoms with Crippen LogP contribution in [0.1, 0.15) is 12.5 Å². The summed E-state index contributed by atoms with van der Waals surface area (Å²) in [5.41, 5.74) is 2.30. The Morgan fingerprint density at radius 1 is 1.44 bits per heavy atom. The lowest BCUT2D eigenvalue weighted by Crippen LogP contribution is -2.10. The van der Waals surface area contributed by atoms with Gasteiger partial charge in [0.25, 0.3) is 0 Å². The van der Waals surface area contributed by atoms with E-state index < -0.39 is 0 Å². The van der Waals surface area contributed by atoms with Gasteiger partial charge in [0.15, 0.2) is 0 Å². The van der Waals surface area contributed by atoms with Gasteiger partial charge in [-0.25, -0.2) is 0 Å². The first kappa shape index (κ1) is 11.0. The van der Waals surface area contributed by atoms with Crippen LogP contribution in [0.5, 0.6) is 5.75 Å². The van der Waals surface area contributed by atoms with Crippen LogP contribution in [0.15, 0.2) is 24.4 Å². The Balaban J connectivity index is 2.63. The summed E-state index contributed by atoms with van der Waals surface area (Å²) in [6.45, 7) is 4.44. The summed E-state index contributed by atoms with van der Waals surface area (Å²) in [5, 5.41) is 10.6. The Morgan fingerprint density at radius 2 is 2.19 bits per heavy atom. The van der Waals surface area contributed by atoms with Crippen molar-refractivity contribution in [2.75, 3.05) is 7.11 Å². The molecule has 0 saturated heterocycles. The molecule has 1 aromatic carbocycles. The first-order valence-electron chi connectivity index (χ1n) is 5.44. The maximum absolute atomic E-state index is 9.45. The predicted molar refractivity (Wildman–Crippen MR) is 64.9 cm³/mol. The van der Waals surface area contributed by atoms with Crippen molar-refractivity contribution in [2.45, 2.75) is 26.5 Å². The number of aliphatic hydroxyl groups excluding tert-OH is 1. The Kier molecular flexibility index (Phi) is 2.88. The average Bonchev–Trinajstić information content (AvgIpc) is 2.57. The first-order valence-corrected chi connectivity index (χ1v) is 5.44. The fraction of sp³-hybridized carbons (Fsp3) is 0.385. The predicted octanol–water partition coefficient (Wildman–Crippen LogP) is 2.34. The van der Waals surface area contributed by atoms with Gasteiger partial charge in [0, 0.05) is 18.1 Å². The fourth-order valence-electron chi connectivity index (χ4n) is 2.08. The van der Waals surface area contributed by atoms with E-state index in [0.29, 0.717) is 6.54 Å². The van der Waals surface area contributed by atoms with E-state index in [1.165, 1.54) is 5.56 Å². The summed E-state index contributed by atoms with van der Waals surface area (Å²) in [6.07, 6.45) is 1.59. The molecule has 0 aliphatic carbocycles. The number of benzene rings is 1. The molecule has 0 bridgehead atoms. The zero-order chi connectivity index (χ0) is 11.7. The van der Waals surface area contributed by atoms with E-state index in [0.717, 1.165) is 16.7 Å². The topological polar surface area (TPSA) is 34.4 Å². The molecule has 0 amide bonds. The van der Waals surface area contributed by atoms with Crippen molar-refractivity contribution in [3.8, 4) is 5.75 Å². The van der Waals surface area contributed by atoms with E-state index in [9.17, 15) is 5.11 Å². The number of hydrogen-bond donors (Lipinski definition) is 1. The molecule has 0 fully saturated rings. The molecule has 0 saturated carbocycles. The van der Waals surface area contributed by atoms with Gasteiger partial charge in [-0.1, -0.05) is 12.1 Å². The fourth-order valence-corrected chi connectivity index (χ4v) is 2.08. The van der Waals surface area contributed by atoms with Crippen molar-refractivity contribution in [1.82, 2.24) is 4.57 Å². The van der Waals surface area contributed by atoms with E-state index in [1.807, 2.05) is 22.9 Å². The van der Waals surface area contributed by atoms with Crippen molar-refractivity contribution >= 4 is 10.9 Å². The van der Waals surface area contributed by atoms with Gasteiger partial charge in [0.2, 0.25) is 0 Å². The number of aromatic nitrogens is 1. The van der Waals surface area contributed by atoms with E-state index in [4.69, 9.17) is 4.74 Å². The minimum atomic E-state index is -0.360. The minimum absolute atomic E-state index is 0.360. The highest BCUT2D eigenvalue weighted by atomic mass is 16.5. The molecule has 1 heterocycles. The second-order valence-corrected chi connectivity index (χ2v) is 4.17. The second kappa shape index (κ2) is 4.18. The lowest BCUT2D eigenvalue weighted by atomic mass is 10.1. The van der Waals surface area contributed by atoms with Crippen molar-refractivity contribution in [1.29, 1.82) is 0 Å². The monoisotopic (exact) mass is 219 g/mol. The highest BCUT2D eigenvalue weighted by molar-refractivity contribution is 5.89. The normalized spacial score (nSPS) is 13.0. The number of hydrogen-bond acceptors (Lipinski definition) is 2. The van der Waals surface area contributed by atoms with Crippen LogP contribution in [0, 0.1) is 6.92 Å². The maximum Gasteiger partial charge on any atom is 0.144 e. The van der Waals surface area contributed by atoms with Gasteiger partial charge in [0.05, 0.1) is 18.7 Å². The number of aryl methyl sites for hydroxylation is 1. The van der Waals surface area contributed by atoms with E-state index in [1.54, 1.807) is 14.0 Å². The largest absolute Gasteiger partial charge is 0.495 e. The summed E-state index contributed by atoms with van der Waals surface area (Å²) >= 11 is 0. The molecule has 2 rings (SSSR count). The summed E-state index contributed by atoms with van der Waals surface area (Å²) in [6, 6.07) is 6.14. The van der Waals surface area contributed by atoms with Crippen LogP contribution in [0.2, 0.25) is 0 Å². The third kappa shape index (κ3) is 1.78. The Morgan fingerprint density at radius 3 is 2.81 bits per heavy atom. The summed E-state index contributed by atoms with van der Waals surface area (Å²) < 4.78 is 7.40. The molecule has 16 heavy (non-hydrogen) atoms. The van der Waals surface area contributed by atoms with Gasteiger partial charge >= 0.3 is 0 Å². The standard InChI is InChI=1S/C13H17NO2/c1-9-5-4-6-11-13(9)12(16-3)8-14(11)7-10(2)15/h4-6,8,10,15H,7H2,1-3H3/t10-/m1/s1. The molecule has 0 spiro atoms. The van der Waals surface area contributed by atoms with Gasteiger partial charge in [0.1, 0.15) is 5.75 Å². The van der Waals surface area contributed by atoms with Crippen LogP contribution < -0.4 is 4.74 Å². The number of rotatable bonds is 3. The highest BCUT2D eigenvalue weighted by Gasteiger charge is 2.11. The zero-order valence-electron chi connectivity index (χ0n) is 9.90. The molecule has 3 nitrogen and oxygen atoms in total. The van der Waals surface area contributed by atoms with E-state index >= 15 is 0 Å². The molecule has 0 unspecified atom stereocenters. The number of ether oxygens (including phenoxy) is 1. The van der Waals surface area contributed by atoms with Crippen molar-refractivity contribution in [3.05, 3.63) is 30.0 Å². The summed E-state index contributed by atoms with van der Waals surface area (Å²) in [4.78, 5) is 0.